The smallest absolute Gasteiger partial charge is 0.120 e. The number of hydrogen-bond acceptors (Lipinski definition) is 3. The van der Waals surface area contributed by atoms with E-state index in [2.05, 4.69) is 11.9 Å². The minimum absolute atomic E-state index is 0.425. The molecule has 124 valence electrons. The number of aliphatic hydroxyl groups is 1. The van der Waals surface area contributed by atoms with E-state index in [0.29, 0.717) is 6.61 Å². The molecule has 1 unspecified atom stereocenters. The summed E-state index contributed by atoms with van der Waals surface area (Å²) in [5, 5.41) is 11.5. The summed E-state index contributed by atoms with van der Waals surface area (Å²) in [4.78, 5) is 4.32. The van der Waals surface area contributed by atoms with Gasteiger partial charge in [-0.15, -0.1) is 0 Å². The average molecular weight is 321 g/mol. The van der Waals surface area contributed by atoms with Gasteiger partial charge in [0.2, 0.25) is 0 Å². The Morgan fingerprint density at radius 3 is 2.83 bits per heavy atom. The van der Waals surface area contributed by atoms with E-state index in [1.807, 2.05) is 54.6 Å². The monoisotopic (exact) mass is 321 g/mol. The Morgan fingerprint density at radius 1 is 1.08 bits per heavy atom. The zero-order valence-electron chi connectivity index (χ0n) is 14.0. The highest BCUT2D eigenvalue weighted by Crippen LogP contribution is 2.25. The standard InChI is InChI=1S/C21H23NO2/c1-2-3-10-21(23)19-9-5-4-7-17(19)15-24-18-11-12-20-16(14-18)8-6-13-22-20/h4-9,11-14,21,23H,2-3,10,15H2,1H3. The minimum atomic E-state index is -0.425. The fourth-order valence-corrected chi connectivity index (χ4v) is 2.85. The maximum Gasteiger partial charge on any atom is 0.120 e. The van der Waals surface area contributed by atoms with Gasteiger partial charge in [0.1, 0.15) is 12.4 Å². The summed E-state index contributed by atoms with van der Waals surface area (Å²) < 4.78 is 5.96. The molecule has 1 atom stereocenters. The summed E-state index contributed by atoms with van der Waals surface area (Å²) in [6.07, 6.45) is 4.26. The first-order valence-electron chi connectivity index (χ1n) is 8.51. The van der Waals surface area contributed by atoms with E-state index in [1.54, 1.807) is 6.20 Å². The van der Waals surface area contributed by atoms with Crippen LogP contribution in [-0.4, -0.2) is 10.1 Å². The van der Waals surface area contributed by atoms with E-state index in [4.69, 9.17) is 4.74 Å². The second-order valence-corrected chi connectivity index (χ2v) is 6.00. The molecule has 1 heterocycles. The lowest BCUT2D eigenvalue weighted by atomic mass is 9.99. The molecule has 3 aromatic rings. The van der Waals surface area contributed by atoms with E-state index in [0.717, 1.165) is 47.0 Å². The molecule has 0 aliphatic carbocycles. The maximum atomic E-state index is 10.4. The van der Waals surface area contributed by atoms with Crippen molar-refractivity contribution in [2.24, 2.45) is 0 Å². The summed E-state index contributed by atoms with van der Waals surface area (Å²) in [7, 11) is 0. The summed E-state index contributed by atoms with van der Waals surface area (Å²) in [5.41, 5.74) is 2.96. The van der Waals surface area contributed by atoms with Crippen molar-refractivity contribution >= 4 is 10.9 Å². The average Bonchev–Trinajstić information content (AvgIpc) is 2.64. The third kappa shape index (κ3) is 3.92. The van der Waals surface area contributed by atoms with Crippen LogP contribution in [0.25, 0.3) is 10.9 Å². The molecule has 0 aliphatic heterocycles. The van der Waals surface area contributed by atoms with Crippen LogP contribution in [0.15, 0.2) is 60.8 Å². The van der Waals surface area contributed by atoms with Crippen molar-refractivity contribution in [3.63, 3.8) is 0 Å². The van der Waals surface area contributed by atoms with Crippen LogP contribution >= 0.6 is 0 Å². The maximum absolute atomic E-state index is 10.4. The summed E-state index contributed by atoms with van der Waals surface area (Å²) >= 11 is 0. The lowest BCUT2D eigenvalue weighted by Crippen LogP contribution is -2.05. The van der Waals surface area contributed by atoms with Gasteiger partial charge in [0, 0.05) is 11.6 Å². The van der Waals surface area contributed by atoms with Gasteiger partial charge in [-0.1, -0.05) is 50.1 Å². The van der Waals surface area contributed by atoms with Crippen molar-refractivity contribution in [2.45, 2.75) is 38.9 Å². The number of aromatic nitrogens is 1. The number of unbranched alkanes of at least 4 members (excludes halogenated alkanes) is 1. The molecule has 0 bridgehead atoms. The summed E-state index contributed by atoms with van der Waals surface area (Å²) in [5.74, 6) is 0.813. The van der Waals surface area contributed by atoms with E-state index in [-0.39, 0.29) is 0 Å². The van der Waals surface area contributed by atoms with Gasteiger partial charge in [-0.2, -0.15) is 0 Å². The Balaban J connectivity index is 1.73. The number of aliphatic hydroxyl groups excluding tert-OH is 1. The normalized spacial score (nSPS) is 12.2. The van der Waals surface area contributed by atoms with Crippen molar-refractivity contribution in [2.75, 3.05) is 0 Å². The fraction of sp³-hybridized carbons (Fsp3) is 0.286. The van der Waals surface area contributed by atoms with Gasteiger partial charge < -0.3 is 9.84 Å². The van der Waals surface area contributed by atoms with Gasteiger partial charge in [-0.3, -0.25) is 4.98 Å². The van der Waals surface area contributed by atoms with Crippen LogP contribution in [0.4, 0.5) is 0 Å². The Hall–Kier alpha value is -2.39. The van der Waals surface area contributed by atoms with Gasteiger partial charge >= 0.3 is 0 Å². The third-order valence-electron chi connectivity index (χ3n) is 4.21. The largest absolute Gasteiger partial charge is 0.489 e. The predicted octanol–water partition coefficient (Wildman–Crippen LogP) is 5.04. The van der Waals surface area contributed by atoms with Gasteiger partial charge in [-0.05, 0) is 41.8 Å². The molecule has 0 aliphatic rings. The Kier molecular flexibility index (Phi) is 5.44. The molecule has 1 N–H and O–H groups in total. The number of hydrogen-bond donors (Lipinski definition) is 1. The van der Waals surface area contributed by atoms with Crippen LogP contribution in [-0.2, 0) is 6.61 Å². The molecular formula is C21H23NO2. The number of fused-ring (bicyclic) bond motifs is 1. The lowest BCUT2D eigenvalue weighted by molar-refractivity contribution is 0.161. The predicted molar refractivity (Wildman–Crippen MR) is 97.0 cm³/mol. The quantitative estimate of drug-likeness (QED) is 0.663. The van der Waals surface area contributed by atoms with Crippen LogP contribution in [0.1, 0.15) is 43.4 Å². The van der Waals surface area contributed by atoms with Crippen LogP contribution in [0, 0.1) is 0 Å². The molecule has 0 spiro atoms. The second kappa shape index (κ2) is 7.93. The zero-order valence-corrected chi connectivity index (χ0v) is 14.0. The first-order chi connectivity index (χ1) is 11.8. The number of nitrogens with zero attached hydrogens (tertiary/aromatic N) is 1. The molecule has 3 nitrogen and oxygen atoms in total. The van der Waals surface area contributed by atoms with Crippen molar-refractivity contribution < 1.29 is 9.84 Å². The highest BCUT2D eigenvalue weighted by Gasteiger charge is 2.12. The van der Waals surface area contributed by atoms with Crippen LogP contribution < -0.4 is 4.74 Å². The van der Waals surface area contributed by atoms with Crippen LogP contribution in [0.5, 0.6) is 5.75 Å². The Bertz CT molecular complexity index is 800. The first kappa shape index (κ1) is 16.5. The highest BCUT2D eigenvalue weighted by molar-refractivity contribution is 5.79. The Morgan fingerprint density at radius 2 is 1.96 bits per heavy atom. The molecule has 2 aromatic carbocycles. The number of benzene rings is 2. The molecule has 24 heavy (non-hydrogen) atoms. The summed E-state index contributed by atoms with van der Waals surface area (Å²) in [6.45, 7) is 2.58. The molecule has 1 aromatic heterocycles. The van der Waals surface area contributed by atoms with Gasteiger partial charge in [0.15, 0.2) is 0 Å². The van der Waals surface area contributed by atoms with E-state index >= 15 is 0 Å². The number of rotatable bonds is 7. The molecule has 0 amide bonds. The van der Waals surface area contributed by atoms with Gasteiger partial charge in [-0.25, -0.2) is 0 Å². The molecule has 3 heteroatoms. The van der Waals surface area contributed by atoms with E-state index < -0.39 is 6.10 Å². The highest BCUT2D eigenvalue weighted by atomic mass is 16.5. The molecular weight excluding hydrogens is 298 g/mol. The minimum Gasteiger partial charge on any atom is -0.489 e. The van der Waals surface area contributed by atoms with Crippen molar-refractivity contribution in [1.82, 2.24) is 4.98 Å². The van der Waals surface area contributed by atoms with Crippen molar-refractivity contribution in [3.05, 3.63) is 71.9 Å². The molecule has 0 fully saturated rings. The second-order valence-electron chi connectivity index (χ2n) is 6.00. The number of pyridine rings is 1. The van der Waals surface area contributed by atoms with E-state index in [9.17, 15) is 5.11 Å². The SMILES string of the molecule is CCCCC(O)c1ccccc1COc1ccc2ncccc2c1. The van der Waals surface area contributed by atoms with Gasteiger partial charge in [0.25, 0.3) is 0 Å². The Labute approximate surface area is 142 Å². The molecule has 0 saturated heterocycles. The molecule has 0 radical (unpaired) electrons. The van der Waals surface area contributed by atoms with E-state index in [1.165, 1.54) is 0 Å². The summed E-state index contributed by atoms with van der Waals surface area (Å²) in [6, 6.07) is 17.8. The number of ether oxygens (including phenoxy) is 1. The topological polar surface area (TPSA) is 42.4 Å². The molecule has 0 saturated carbocycles. The first-order valence-corrected chi connectivity index (χ1v) is 8.51. The van der Waals surface area contributed by atoms with Crippen molar-refractivity contribution in [3.8, 4) is 5.75 Å². The van der Waals surface area contributed by atoms with Gasteiger partial charge in [0.05, 0.1) is 11.6 Å². The lowest BCUT2D eigenvalue weighted by Gasteiger charge is -2.16. The van der Waals surface area contributed by atoms with Crippen molar-refractivity contribution in [1.29, 1.82) is 0 Å². The van der Waals surface area contributed by atoms with Crippen LogP contribution in [0.3, 0.4) is 0 Å². The fourth-order valence-electron chi connectivity index (χ4n) is 2.85. The van der Waals surface area contributed by atoms with Crippen LogP contribution in [0.2, 0.25) is 0 Å². The third-order valence-corrected chi connectivity index (χ3v) is 4.21. The zero-order chi connectivity index (χ0) is 16.8. The molecule has 3 rings (SSSR count).